The number of nitrogens with two attached hydrogens (primary N) is 1. The Morgan fingerprint density at radius 3 is 2.48 bits per heavy atom. The van der Waals surface area contributed by atoms with Crippen LogP contribution >= 0.6 is 23.2 Å². The number of para-hydroxylation sites is 1. The monoisotopic (exact) mass is 324 g/mol. The minimum Gasteiger partial charge on any atom is -0.496 e. The molecule has 0 unspecified atom stereocenters. The summed E-state index contributed by atoms with van der Waals surface area (Å²) in [5, 5.41) is 3.30. The molecule has 0 saturated carbocycles. The predicted molar refractivity (Wildman–Crippen MR) is 85.0 cm³/mol. The molecule has 0 aliphatic carbocycles. The van der Waals surface area contributed by atoms with Gasteiger partial charge in [0.1, 0.15) is 5.75 Å². The third kappa shape index (κ3) is 3.60. The van der Waals surface area contributed by atoms with Crippen molar-refractivity contribution in [2.24, 2.45) is 0 Å². The van der Waals surface area contributed by atoms with Crippen LogP contribution in [0.5, 0.6) is 5.75 Å². The molecule has 0 bridgehead atoms. The van der Waals surface area contributed by atoms with Crippen molar-refractivity contribution in [2.75, 3.05) is 12.8 Å². The molecule has 0 radical (unpaired) electrons. The minimum absolute atomic E-state index is 0.255. The zero-order valence-electron chi connectivity index (χ0n) is 11.3. The van der Waals surface area contributed by atoms with E-state index in [9.17, 15) is 4.79 Å². The van der Waals surface area contributed by atoms with Crippen molar-refractivity contribution in [3.05, 3.63) is 57.6 Å². The maximum Gasteiger partial charge on any atom is 0.251 e. The molecule has 1 amide bonds. The van der Waals surface area contributed by atoms with Crippen molar-refractivity contribution in [1.82, 2.24) is 5.32 Å². The summed E-state index contributed by atoms with van der Waals surface area (Å²) in [6, 6.07) is 10.4. The topological polar surface area (TPSA) is 64.3 Å². The molecule has 21 heavy (non-hydrogen) atoms. The van der Waals surface area contributed by atoms with E-state index in [1.165, 1.54) is 12.1 Å². The zero-order valence-corrected chi connectivity index (χ0v) is 12.8. The molecule has 110 valence electrons. The normalized spacial score (nSPS) is 10.2. The second-order valence-electron chi connectivity index (χ2n) is 4.35. The van der Waals surface area contributed by atoms with Crippen molar-refractivity contribution >= 4 is 34.8 Å². The highest BCUT2D eigenvalue weighted by atomic mass is 35.5. The average Bonchev–Trinajstić information content (AvgIpc) is 2.49. The first kappa shape index (κ1) is 15.5. The molecule has 0 aliphatic rings. The number of benzene rings is 2. The van der Waals surface area contributed by atoms with Crippen LogP contribution in [0.4, 0.5) is 5.69 Å². The minimum atomic E-state index is -0.287. The first-order valence-electron chi connectivity index (χ1n) is 6.17. The van der Waals surface area contributed by atoms with Gasteiger partial charge in [-0.05, 0) is 18.2 Å². The lowest BCUT2D eigenvalue weighted by Gasteiger charge is -2.10. The number of nitrogen functional groups attached to an aromatic ring is 1. The quantitative estimate of drug-likeness (QED) is 0.846. The predicted octanol–water partition coefficient (Wildman–Crippen LogP) is 3.51. The van der Waals surface area contributed by atoms with Crippen LogP contribution in [0.1, 0.15) is 15.9 Å². The van der Waals surface area contributed by atoms with E-state index < -0.39 is 0 Å². The molecule has 0 aliphatic heterocycles. The van der Waals surface area contributed by atoms with E-state index in [1.54, 1.807) is 7.11 Å². The summed E-state index contributed by atoms with van der Waals surface area (Å²) in [7, 11) is 1.58. The second-order valence-corrected chi connectivity index (χ2v) is 5.16. The summed E-state index contributed by atoms with van der Waals surface area (Å²) in [5.74, 6) is 0.427. The number of carbonyl (C=O) groups excluding carboxylic acids is 1. The SMILES string of the molecule is COc1ccccc1CNC(=O)c1cc(Cl)c(N)c(Cl)c1. The van der Waals surface area contributed by atoms with Crippen molar-refractivity contribution < 1.29 is 9.53 Å². The average molecular weight is 325 g/mol. The van der Waals surface area contributed by atoms with Crippen molar-refractivity contribution in [3.8, 4) is 5.75 Å². The van der Waals surface area contributed by atoms with E-state index in [0.717, 1.165) is 5.56 Å². The van der Waals surface area contributed by atoms with E-state index in [1.807, 2.05) is 24.3 Å². The van der Waals surface area contributed by atoms with Crippen LogP contribution in [0, 0.1) is 0 Å². The summed E-state index contributed by atoms with van der Waals surface area (Å²) >= 11 is 11.8. The number of amides is 1. The van der Waals surface area contributed by atoms with Gasteiger partial charge in [-0.15, -0.1) is 0 Å². The molecule has 2 rings (SSSR count). The summed E-state index contributed by atoms with van der Waals surface area (Å²) in [4.78, 5) is 12.1. The third-order valence-electron chi connectivity index (χ3n) is 2.97. The highest BCUT2D eigenvalue weighted by Crippen LogP contribution is 2.28. The van der Waals surface area contributed by atoms with Gasteiger partial charge in [-0.1, -0.05) is 41.4 Å². The lowest BCUT2D eigenvalue weighted by atomic mass is 10.1. The van der Waals surface area contributed by atoms with Gasteiger partial charge in [-0.25, -0.2) is 0 Å². The Hall–Kier alpha value is -1.91. The smallest absolute Gasteiger partial charge is 0.251 e. The fraction of sp³-hybridized carbons (Fsp3) is 0.133. The molecular formula is C15H14Cl2N2O2. The number of carbonyl (C=O) groups is 1. The molecular weight excluding hydrogens is 311 g/mol. The molecule has 4 nitrogen and oxygen atoms in total. The Labute approximate surface area is 132 Å². The van der Waals surface area contributed by atoms with E-state index in [0.29, 0.717) is 17.9 Å². The number of halogens is 2. The van der Waals surface area contributed by atoms with Gasteiger partial charge in [0.25, 0.3) is 5.91 Å². The first-order valence-corrected chi connectivity index (χ1v) is 6.93. The van der Waals surface area contributed by atoms with Crippen LogP contribution in [-0.2, 0) is 6.54 Å². The molecule has 0 heterocycles. The van der Waals surface area contributed by atoms with Crippen LogP contribution in [0.25, 0.3) is 0 Å². The number of hydrogen-bond acceptors (Lipinski definition) is 3. The van der Waals surface area contributed by atoms with Gasteiger partial charge in [-0.2, -0.15) is 0 Å². The molecule has 2 aromatic rings. The number of nitrogens with one attached hydrogen (secondary N) is 1. The Balaban J connectivity index is 2.12. The lowest BCUT2D eigenvalue weighted by molar-refractivity contribution is 0.0950. The van der Waals surface area contributed by atoms with Crippen LogP contribution in [-0.4, -0.2) is 13.0 Å². The number of methoxy groups -OCH3 is 1. The van der Waals surface area contributed by atoms with Gasteiger partial charge in [0.15, 0.2) is 0 Å². The molecule has 3 N–H and O–H groups in total. The maximum absolute atomic E-state index is 12.1. The molecule has 0 spiro atoms. The molecule has 0 saturated heterocycles. The molecule has 0 aromatic heterocycles. The number of hydrogen-bond donors (Lipinski definition) is 2. The third-order valence-corrected chi connectivity index (χ3v) is 3.60. The molecule has 2 aromatic carbocycles. The second kappa shape index (κ2) is 6.70. The Kier molecular flexibility index (Phi) is 4.94. The lowest BCUT2D eigenvalue weighted by Crippen LogP contribution is -2.23. The number of ether oxygens (including phenoxy) is 1. The maximum atomic E-state index is 12.1. The molecule has 0 atom stereocenters. The standard InChI is InChI=1S/C15H14Cl2N2O2/c1-21-13-5-3-2-4-9(13)8-19-15(20)10-6-11(16)14(18)12(17)7-10/h2-7H,8,18H2,1H3,(H,19,20). The van der Waals surface area contributed by atoms with Crippen molar-refractivity contribution in [1.29, 1.82) is 0 Å². The fourth-order valence-electron chi connectivity index (χ4n) is 1.84. The van der Waals surface area contributed by atoms with Gasteiger partial charge in [0.2, 0.25) is 0 Å². The van der Waals surface area contributed by atoms with Crippen molar-refractivity contribution in [3.63, 3.8) is 0 Å². The van der Waals surface area contributed by atoms with Crippen LogP contribution in [0.3, 0.4) is 0 Å². The van der Waals surface area contributed by atoms with Gasteiger partial charge in [0, 0.05) is 17.7 Å². The Bertz CT molecular complexity index is 651. The summed E-state index contributed by atoms with van der Waals surface area (Å²) in [6.07, 6.45) is 0. The zero-order chi connectivity index (χ0) is 15.4. The highest BCUT2D eigenvalue weighted by Gasteiger charge is 2.12. The van der Waals surface area contributed by atoms with E-state index >= 15 is 0 Å². The number of rotatable bonds is 4. The Morgan fingerprint density at radius 1 is 1.24 bits per heavy atom. The van der Waals surface area contributed by atoms with Gasteiger partial charge < -0.3 is 15.8 Å². The summed E-state index contributed by atoms with van der Waals surface area (Å²) in [6.45, 7) is 0.336. The van der Waals surface area contributed by atoms with Crippen molar-refractivity contribution in [2.45, 2.75) is 6.54 Å². The van der Waals surface area contributed by atoms with Gasteiger partial charge >= 0.3 is 0 Å². The molecule has 0 fully saturated rings. The fourth-order valence-corrected chi connectivity index (χ4v) is 2.33. The van der Waals surface area contributed by atoms with Crippen LogP contribution in [0.2, 0.25) is 10.0 Å². The first-order chi connectivity index (χ1) is 10.0. The van der Waals surface area contributed by atoms with E-state index in [-0.39, 0.29) is 21.6 Å². The summed E-state index contributed by atoms with van der Waals surface area (Å²) < 4.78 is 5.23. The summed E-state index contributed by atoms with van der Waals surface area (Å²) in [5.41, 5.74) is 7.14. The van der Waals surface area contributed by atoms with Crippen LogP contribution < -0.4 is 15.8 Å². The largest absolute Gasteiger partial charge is 0.496 e. The highest BCUT2D eigenvalue weighted by molar-refractivity contribution is 6.39. The molecule has 6 heteroatoms. The Morgan fingerprint density at radius 2 is 1.86 bits per heavy atom. The number of anilines is 1. The van der Waals surface area contributed by atoms with Crippen LogP contribution in [0.15, 0.2) is 36.4 Å². The van der Waals surface area contributed by atoms with Gasteiger partial charge in [-0.3, -0.25) is 4.79 Å². The van der Waals surface area contributed by atoms with E-state index in [4.69, 9.17) is 33.7 Å². The van der Waals surface area contributed by atoms with E-state index in [2.05, 4.69) is 5.32 Å². The van der Waals surface area contributed by atoms with Gasteiger partial charge in [0.05, 0.1) is 22.8 Å².